The molecule has 2 atom stereocenters. The first-order valence-electron chi connectivity index (χ1n) is 9.16. The molecule has 144 valence electrons. The van der Waals surface area contributed by atoms with Crippen LogP contribution < -0.4 is 9.47 Å². The lowest BCUT2D eigenvalue weighted by molar-refractivity contribution is -0.141. The molecular weight excluding hydrogens is 358 g/mol. The van der Waals surface area contributed by atoms with E-state index in [1.54, 1.807) is 18.1 Å². The Balaban J connectivity index is 1.58. The van der Waals surface area contributed by atoms with Crippen LogP contribution in [0.4, 0.5) is 0 Å². The Bertz CT molecular complexity index is 937. The number of benzene rings is 2. The summed E-state index contributed by atoms with van der Waals surface area (Å²) in [6.45, 7) is 0.703. The second-order valence-corrected chi connectivity index (χ2v) is 7.01. The van der Waals surface area contributed by atoms with Crippen LogP contribution in [-0.2, 0) is 9.59 Å². The normalized spacial score (nSPS) is 20.8. The number of carbonyl (C=O) groups is 2. The van der Waals surface area contributed by atoms with Crippen LogP contribution in [0, 0.1) is 5.92 Å². The topological polar surface area (TPSA) is 76.1 Å². The van der Waals surface area contributed by atoms with Crippen molar-refractivity contribution in [2.24, 2.45) is 5.92 Å². The molecule has 0 unspecified atom stereocenters. The second-order valence-electron chi connectivity index (χ2n) is 7.01. The van der Waals surface area contributed by atoms with Crippen LogP contribution in [0.3, 0.4) is 0 Å². The van der Waals surface area contributed by atoms with Gasteiger partial charge >= 0.3 is 5.97 Å². The number of ether oxygens (including phenoxy) is 2. The third-order valence-electron chi connectivity index (χ3n) is 5.36. The summed E-state index contributed by atoms with van der Waals surface area (Å²) in [7, 11) is 1.57. The number of carboxylic acid groups (broad SMARTS) is 1. The van der Waals surface area contributed by atoms with Gasteiger partial charge in [0.2, 0.25) is 0 Å². The molecule has 2 aliphatic rings. The summed E-state index contributed by atoms with van der Waals surface area (Å²) in [4.78, 5) is 26.5. The van der Waals surface area contributed by atoms with E-state index in [4.69, 9.17) is 9.47 Å². The highest BCUT2D eigenvalue weighted by Gasteiger charge is 2.41. The number of likely N-dealkylation sites (tertiary alicyclic amines) is 1. The van der Waals surface area contributed by atoms with E-state index in [1.807, 2.05) is 48.5 Å². The molecule has 6 heteroatoms. The van der Waals surface area contributed by atoms with Crippen LogP contribution in [0.15, 0.2) is 54.1 Å². The third kappa shape index (κ3) is 3.22. The van der Waals surface area contributed by atoms with Gasteiger partial charge in [0, 0.05) is 24.6 Å². The monoisotopic (exact) mass is 379 g/mol. The van der Waals surface area contributed by atoms with Gasteiger partial charge in [-0.15, -0.1) is 0 Å². The molecule has 1 amide bonds. The highest BCUT2D eigenvalue weighted by atomic mass is 16.5. The van der Waals surface area contributed by atoms with E-state index in [-0.39, 0.29) is 25.0 Å². The standard InChI is InChI=1S/C22H21NO5/c1-27-19-9-5-8-15-10-16(13-28-20(15)19)21(24)23-11-17(18(12-23)22(25)26)14-6-3-2-4-7-14/h2-10,17-18H,11-13H2,1H3,(H,25,26)/t17-,18-/m0/s1. The molecule has 2 aromatic rings. The summed E-state index contributed by atoms with van der Waals surface area (Å²) in [5.41, 5.74) is 2.23. The number of amides is 1. The Labute approximate surface area is 163 Å². The maximum atomic E-state index is 13.1. The van der Waals surface area contributed by atoms with Crippen molar-refractivity contribution in [3.63, 3.8) is 0 Å². The van der Waals surface area contributed by atoms with Gasteiger partial charge in [0.25, 0.3) is 5.91 Å². The largest absolute Gasteiger partial charge is 0.493 e. The maximum Gasteiger partial charge on any atom is 0.308 e. The van der Waals surface area contributed by atoms with Crippen molar-refractivity contribution in [1.29, 1.82) is 0 Å². The molecule has 6 nitrogen and oxygen atoms in total. The van der Waals surface area contributed by atoms with Crippen molar-refractivity contribution in [2.75, 3.05) is 26.8 Å². The molecule has 0 bridgehead atoms. The summed E-state index contributed by atoms with van der Waals surface area (Å²) in [5.74, 6) is -0.666. The fourth-order valence-corrected chi connectivity index (χ4v) is 3.93. The summed E-state index contributed by atoms with van der Waals surface area (Å²) in [5, 5.41) is 9.65. The van der Waals surface area contributed by atoms with Crippen molar-refractivity contribution in [2.45, 2.75) is 5.92 Å². The number of carboxylic acids is 1. The van der Waals surface area contributed by atoms with E-state index in [0.29, 0.717) is 23.6 Å². The van der Waals surface area contributed by atoms with Crippen LogP contribution >= 0.6 is 0 Å². The highest BCUT2D eigenvalue weighted by molar-refractivity contribution is 6.00. The van der Waals surface area contributed by atoms with Gasteiger partial charge in [0.05, 0.1) is 18.6 Å². The number of aliphatic carboxylic acids is 1. The van der Waals surface area contributed by atoms with Crippen molar-refractivity contribution in [1.82, 2.24) is 4.90 Å². The zero-order valence-corrected chi connectivity index (χ0v) is 15.5. The van der Waals surface area contributed by atoms with Crippen LogP contribution in [0.1, 0.15) is 17.0 Å². The SMILES string of the molecule is COc1cccc2c1OCC(C(=O)N1C[C@H](C(=O)O)[C@H](c3ccccc3)C1)=C2. The fourth-order valence-electron chi connectivity index (χ4n) is 3.93. The van der Waals surface area contributed by atoms with Gasteiger partial charge < -0.3 is 19.5 Å². The number of hydrogen-bond acceptors (Lipinski definition) is 4. The quantitative estimate of drug-likeness (QED) is 0.884. The van der Waals surface area contributed by atoms with Crippen molar-refractivity contribution >= 4 is 18.0 Å². The summed E-state index contributed by atoms with van der Waals surface area (Å²) in [6.07, 6.45) is 1.80. The average molecular weight is 379 g/mol. The highest BCUT2D eigenvalue weighted by Crippen LogP contribution is 2.37. The predicted molar refractivity (Wildman–Crippen MR) is 103 cm³/mol. The Kier molecular flexibility index (Phi) is 4.77. The summed E-state index contributed by atoms with van der Waals surface area (Å²) < 4.78 is 11.1. The molecule has 2 heterocycles. The first kappa shape index (κ1) is 18.1. The molecule has 0 aromatic heterocycles. The van der Waals surface area contributed by atoms with Crippen LogP contribution in [0.5, 0.6) is 11.5 Å². The smallest absolute Gasteiger partial charge is 0.308 e. The first-order chi connectivity index (χ1) is 13.6. The van der Waals surface area contributed by atoms with Crippen LogP contribution in [-0.4, -0.2) is 48.7 Å². The van der Waals surface area contributed by atoms with Gasteiger partial charge in [-0.3, -0.25) is 9.59 Å². The lowest BCUT2D eigenvalue weighted by Crippen LogP contribution is -2.33. The van der Waals surface area contributed by atoms with Gasteiger partial charge in [0.15, 0.2) is 11.5 Å². The summed E-state index contributed by atoms with van der Waals surface area (Å²) in [6, 6.07) is 15.0. The molecule has 0 saturated carbocycles. The molecule has 0 aliphatic carbocycles. The van der Waals surface area contributed by atoms with E-state index in [9.17, 15) is 14.7 Å². The number of carbonyl (C=O) groups excluding carboxylic acids is 1. The van der Waals surface area contributed by atoms with E-state index >= 15 is 0 Å². The molecule has 0 spiro atoms. The number of rotatable bonds is 4. The lowest BCUT2D eigenvalue weighted by Gasteiger charge is -2.23. The zero-order valence-electron chi connectivity index (χ0n) is 15.5. The van der Waals surface area contributed by atoms with Crippen LogP contribution in [0.25, 0.3) is 6.08 Å². The molecule has 1 saturated heterocycles. The van der Waals surface area contributed by atoms with Gasteiger partial charge in [-0.05, 0) is 17.7 Å². The zero-order chi connectivity index (χ0) is 19.7. The Morgan fingerprint density at radius 1 is 1.11 bits per heavy atom. The second kappa shape index (κ2) is 7.38. The minimum atomic E-state index is -0.881. The molecule has 0 radical (unpaired) electrons. The molecule has 1 N–H and O–H groups in total. The number of fused-ring (bicyclic) bond motifs is 1. The van der Waals surface area contributed by atoms with Gasteiger partial charge in [-0.25, -0.2) is 0 Å². The van der Waals surface area contributed by atoms with Crippen molar-refractivity contribution in [3.05, 3.63) is 65.2 Å². The lowest BCUT2D eigenvalue weighted by atomic mass is 9.89. The summed E-state index contributed by atoms with van der Waals surface area (Å²) >= 11 is 0. The molecule has 1 fully saturated rings. The van der Waals surface area contributed by atoms with Gasteiger partial charge in [0.1, 0.15) is 6.61 Å². The predicted octanol–water partition coefficient (Wildman–Crippen LogP) is 2.80. The van der Waals surface area contributed by atoms with E-state index < -0.39 is 11.9 Å². The van der Waals surface area contributed by atoms with E-state index in [0.717, 1.165) is 11.1 Å². The number of methoxy groups -OCH3 is 1. The molecular formula is C22H21NO5. The third-order valence-corrected chi connectivity index (χ3v) is 5.36. The number of nitrogens with zero attached hydrogens (tertiary/aromatic N) is 1. The Hall–Kier alpha value is -3.28. The first-order valence-corrected chi connectivity index (χ1v) is 9.16. The van der Waals surface area contributed by atoms with E-state index in [2.05, 4.69) is 0 Å². The number of para-hydroxylation sites is 1. The number of hydrogen-bond donors (Lipinski definition) is 1. The molecule has 2 aromatic carbocycles. The Morgan fingerprint density at radius 3 is 2.61 bits per heavy atom. The van der Waals surface area contributed by atoms with Gasteiger partial charge in [-0.2, -0.15) is 0 Å². The minimum absolute atomic E-state index is 0.135. The minimum Gasteiger partial charge on any atom is -0.493 e. The molecule has 4 rings (SSSR count). The van der Waals surface area contributed by atoms with Gasteiger partial charge in [-0.1, -0.05) is 42.5 Å². The Morgan fingerprint density at radius 2 is 1.89 bits per heavy atom. The van der Waals surface area contributed by atoms with E-state index in [1.165, 1.54) is 0 Å². The average Bonchev–Trinajstić information content (AvgIpc) is 3.19. The molecule has 28 heavy (non-hydrogen) atoms. The van der Waals surface area contributed by atoms with Crippen LogP contribution in [0.2, 0.25) is 0 Å². The maximum absolute atomic E-state index is 13.1. The van der Waals surface area contributed by atoms with Crippen molar-refractivity contribution in [3.8, 4) is 11.5 Å². The molecule has 2 aliphatic heterocycles. The van der Waals surface area contributed by atoms with Crippen molar-refractivity contribution < 1.29 is 24.2 Å². The fraction of sp³-hybridized carbons (Fsp3) is 0.273.